The molecule has 0 N–H and O–H groups in total. The van der Waals surface area contributed by atoms with Crippen molar-refractivity contribution >= 4 is 40.8 Å². The molecule has 3 aromatic rings. The topological polar surface area (TPSA) is 64.8 Å². The lowest BCUT2D eigenvalue weighted by Crippen LogP contribution is -2.35. The summed E-state index contributed by atoms with van der Waals surface area (Å²) in [4.78, 5) is 18.0. The number of ether oxygens (including phenoxy) is 2. The number of likely N-dealkylation sites (N-methyl/N-ethyl adjacent to an activating group) is 1. The number of hydrogen-bond acceptors (Lipinski definition) is 5. The summed E-state index contributed by atoms with van der Waals surface area (Å²) in [5.41, 5.74) is 2.26. The van der Waals surface area contributed by atoms with Crippen LogP contribution in [0, 0.1) is 0 Å². The minimum Gasteiger partial charge on any atom is -0.490 e. The van der Waals surface area contributed by atoms with Crippen molar-refractivity contribution < 1.29 is 18.7 Å². The van der Waals surface area contributed by atoms with Gasteiger partial charge in [0.1, 0.15) is 5.52 Å². The van der Waals surface area contributed by atoms with E-state index in [1.54, 1.807) is 51.4 Å². The SMILES string of the molecule is CCOc1cc(/C=C/c2nc3cc(Cl)ccc3o2)ccc1OC(C)C(=O)N(C)C. The Bertz CT molecular complexity index is 1040. The fourth-order valence-corrected chi connectivity index (χ4v) is 2.92. The van der Waals surface area contributed by atoms with Crippen LogP contribution in [0.1, 0.15) is 25.3 Å². The average molecular weight is 415 g/mol. The predicted octanol–water partition coefficient (Wildman–Crippen LogP) is 4.91. The minimum atomic E-state index is -0.614. The van der Waals surface area contributed by atoms with E-state index in [4.69, 9.17) is 25.5 Å². The van der Waals surface area contributed by atoms with E-state index in [-0.39, 0.29) is 5.91 Å². The van der Waals surface area contributed by atoms with Crippen molar-refractivity contribution in [1.82, 2.24) is 9.88 Å². The summed E-state index contributed by atoms with van der Waals surface area (Å²) in [7, 11) is 3.39. The molecule has 0 aliphatic rings. The molecule has 0 fully saturated rings. The highest BCUT2D eigenvalue weighted by molar-refractivity contribution is 6.31. The number of fused-ring (bicyclic) bond motifs is 1. The molecule has 0 saturated heterocycles. The first-order valence-electron chi connectivity index (χ1n) is 9.26. The number of oxazole rings is 1. The van der Waals surface area contributed by atoms with Crippen LogP contribution >= 0.6 is 11.6 Å². The van der Waals surface area contributed by atoms with Gasteiger partial charge in [0.05, 0.1) is 6.61 Å². The zero-order valence-corrected chi connectivity index (χ0v) is 17.6. The second-order valence-electron chi connectivity index (χ2n) is 6.63. The van der Waals surface area contributed by atoms with E-state index in [1.807, 2.05) is 25.1 Å². The van der Waals surface area contributed by atoms with Crippen LogP contribution < -0.4 is 9.47 Å². The average Bonchev–Trinajstić information content (AvgIpc) is 3.09. The molecule has 7 heteroatoms. The summed E-state index contributed by atoms with van der Waals surface area (Å²) in [5.74, 6) is 1.44. The first kappa shape index (κ1) is 20.7. The van der Waals surface area contributed by atoms with Gasteiger partial charge in [0.15, 0.2) is 23.2 Å². The fourth-order valence-electron chi connectivity index (χ4n) is 2.76. The van der Waals surface area contributed by atoms with Gasteiger partial charge >= 0.3 is 0 Å². The normalized spacial score (nSPS) is 12.3. The number of halogens is 1. The van der Waals surface area contributed by atoms with Gasteiger partial charge in [-0.1, -0.05) is 17.7 Å². The van der Waals surface area contributed by atoms with E-state index >= 15 is 0 Å². The van der Waals surface area contributed by atoms with Crippen molar-refractivity contribution in [2.75, 3.05) is 20.7 Å². The van der Waals surface area contributed by atoms with Crippen molar-refractivity contribution in [1.29, 1.82) is 0 Å². The fraction of sp³-hybridized carbons (Fsp3) is 0.273. The summed E-state index contributed by atoms with van der Waals surface area (Å²) < 4.78 is 17.2. The summed E-state index contributed by atoms with van der Waals surface area (Å²) in [6, 6.07) is 10.8. The highest BCUT2D eigenvalue weighted by Gasteiger charge is 2.18. The molecule has 1 heterocycles. The van der Waals surface area contributed by atoms with Gasteiger partial charge in [0, 0.05) is 25.2 Å². The Morgan fingerprint density at radius 3 is 2.72 bits per heavy atom. The van der Waals surface area contributed by atoms with Crippen molar-refractivity contribution in [2.24, 2.45) is 0 Å². The molecule has 152 valence electrons. The van der Waals surface area contributed by atoms with Crippen LogP contribution in [0.15, 0.2) is 40.8 Å². The summed E-state index contributed by atoms with van der Waals surface area (Å²) in [6.07, 6.45) is 3.03. The Morgan fingerprint density at radius 1 is 1.21 bits per heavy atom. The summed E-state index contributed by atoms with van der Waals surface area (Å²) in [6.45, 7) is 4.08. The van der Waals surface area contributed by atoms with Crippen LogP contribution in [0.3, 0.4) is 0 Å². The number of benzene rings is 2. The first-order valence-corrected chi connectivity index (χ1v) is 9.64. The lowest BCUT2D eigenvalue weighted by molar-refractivity contribution is -0.135. The molecule has 0 bridgehead atoms. The van der Waals surface area contributed by atoms with Crippen LogP contribution in [-0.2, 0) is 4.79 Å². The third-order valence-corrected chi connectivity index (χ3v) is 4.38. The van der Waals surface area contributed by atoms with E-state index in [0.29, 0.717) is 40.1 Å². The lowest BCUT2D eigenvalue weighted by Gasteiger charge is -2.20. The zero-order valence-electron chi connectivity index (χ0n) is 16.8. The van der Waals surface area contributed by atoms with E-state index in [1.165, 1.54) is 4.90 Å². The summed E-state index contributed by atoms with van der Waals surface area (Å²) >= 11 is 5.99. The Kier molecular flexibility index (Phi) is 6.44. The number of nitrogens with zero attached hydrogens (tertiary/aromatic N) is 2. The predicted molar refractivity (Wildman–Crippen MR) is 114 cm³/mol. The number of rotatable bonds is 7. The third kappa shape index (κ3) is 5.09. The van der Waals surface area contributed by atoms with Crippen LogP contribution in [0.4, 0.5) is 0 Å². The smallest absolute Gasteiger partial charge is 0.262 e. The standard InChI is InChI=1S/C22H23ClN2O4/c1-5-27-20-12-15(6-9-19(20)28-14(2)22(26)25(3)4)7-11-21-24-17-13-16(23)8-10-18(17)29-21/h6-14H,5H2,1-4H3/b11-7+. The Hall–Kier alpha value is -2.99. The molecule has 0 spiro atoms. The van der Waals surface area contributed by atoms with Crippen molar-refractivity contribution in [3.8, 4) is 11.5 Å². The Balaban J connectivity index is 1.81. The van der Waals surface area contributed by atoms with Crippen molar-refractivity contribution in [3.63, 3.8) is 0 Å². The second kappa shape index (κ2) is 9.01. The maximum absolute atomic E-state index is 12.1. The van der Waals surface area contributed by atoms with Crippen LogP contribution in [-0.4, -0.2) is 42.6 Å². The lowest BCUT2D eigenvalue weighted by atomic mass is 10.2. The number of amides is 1. The zero-order chi connectivity index (χ0) is 21.0. The molecular formula is C22H23ClN2O4. The molecular weight excluding hydrogens is 392 g/mol. The van der Waals surface area contributed by atoms with Gasteiger partial charge in [-0.25, -0.2) is 4.98 Å². The van der Waals surface area contributed by atoms with Gasteiger partial charge in [0.2, 0.25) is 5.89 Å². The number of hydrogen-bond donors (Lipinski definition) is 0. The van der Waals surface area contributed by atoms with Gasteiger partial charge in [-0.05, 0) is 55.8 Å². The second-order valence-corrected chi connectivity index (χ2v) is 7.07. The molecule has 0 aliphatic carbocycles. The van der Waals surface area contributed by atoms with Crippen molar-refractivity contribution in [2.45, 2.75) is 20.0 Å². The molecule has 1 unspecified atom stereocenters. The van der Waals surface area contributed by atoms with E-state index in [9.17, 15) is 4.79 Å². The molecule has 0 aliphatic heterocycles. The highest BCUT2D eigenvalue weighted by atomic mass is 35.5. The van der Waals surface area contributed by atoms with Crippen LogP contribution in [0.5, 0.6) is 11.5 Å². The first-order chi connectivity index (χ1) is 13.9. The number of carbonyl (C=O) groups is 1. The minimum absolute atomic E-state index is 0.118. The Morgan fingerprint density at radius 2 is 2.00 bits per heavy atom. The number of aromatic nitrogens is 1. The Labute approximate surface area is 174 Å². The molecule has 3 rings (SSSR count). The maximum Gasteiger partial charge on any atom is 0.262 e. The highest BCUT2D eigenvalue weighted by Crippen LogP contribution is 2.30. The van der Waals surface area contributed by atoms with Gasteiger partial charge in [0.25, 0.3) is 5.91 Å². The largest absolute Gasteiger partial charge is 0.490 e. The van der Waals surface area contributed by atoms with Crippen LogP contribution in [0.2, 0.25) is 5.02 Å². The molecule has 0 radical (unpaired) electrons. The monoisotopic (exact) mass is 414 g/mol. The molecule has 2 aromatic carbocycles. The molecule has 0 saturated carbocycles. The molecule has 1 atom stereocenters. The van der Waals surface area contributed by atoms with Gasteiger partial charge < -0.3 is 18.8 Å². The molecule has 1 amide bonds. The maximum atomic E-state index is 12.1. The number of carbonyl (C=O) groups excluding carboxylic acids is 1. The molecule has 6 nitrogen and oxygen atoms in total. The molecule has 29 heavy (non-hydrogen) atoms. The van der Waals surface area contributed by atoms with Crippen molar-refractivity contribution in [3.05, 3.63) is 52.9 Å². The van der Waals surface area contributed by atoms with E-state index in [0.717, 1.165) is 5.56 Å². The molecule has 1 aromatic heterocycles. The van der Waals surface area contributed by atoms with Crippen LogP contribution in [0.25, 0.3) is 23.3 Å². The van der Waals surface area contributed by atoms with E-state index in [2.05, 4.69) is 4.98 Å². The van der Waals surface area contributed by atoms with Gasteiger partial charge in [-0.2, -0.15) is 0 Å². The van der Waals surface area contributed by atoms with E-state index < -0.39 is 6.10 Å². The third-order valence-electron chi connectivity index (χ3n) is 4.14. The van der Waals surface area contributed by atoms with Gasteiger partial charge in [-0.3, -0.25) is 4.79 Å². The summed E-state index contributed by atoms with van der Waals surface area (Å²) in [5, 5.41) is 0.611. The van der Waals surface area contributed by atoms with Gasteiger partial charge in [-0.15, -0.1) is 0 Å². The quantitative estimate of drug-likeness (QED) is 0.549.